The van der Waals surface area contributed by atoms with Crippen molar-refractivity contribution in [2.75, 3.05) is 0 Å². The van der Waals surface area contributed by atoms with Gasteiger partial charge in [-0.05, 0) is 24.6 Å². The van der Waals surface area contributed by atoms with Gasteiger partial charge in [-0.3, -0.25) is 0 Å². The molecule has 0 amide bonds. The lowest BCUT2D eigenvalue weighted by Gasteiger charge is -1.89. The lowest BCUT2D eigenvalue weighted by Crippen LogP contribution is -1.83. The van der Waals surface area contributed by atoms with E-state index in [1.54, 1.807) is 13.0 Å². The van der Waals surface area contributed by atoms with Crippen molar-refractivity contribution < 1.29 is 0 Å². The second kappa shape index (κ2) is 2.63. The van der Waals surface area contributed by atoms with Crippen LogP contribution >= 0.6 is 11.6 Å². The Kier molecular flexibility index (Phi) is 1.83. The smallest absolute Gasteiger partial charge is 0.317 e. The fourth-order valence-corrected chi connectivity index (χ4v) is 0.794. The van der Waals surface area contributed by atoms with Crippen LogP contribution in [0.25, 0.3) is 4.85 Å². The summed E-state index contributed by atoms with van der Waals surface area (Å²) in [4.78, 5) is 10.6. The first-order valence-corrected chi connectivity index (χ1v) is 2.99. The fraction of sp³-hybridized carbons (Fsp3) is 0.167. The van der Waals surface area contributed by atoms with Gasteiger partial charge in [0.1, 0.15) is 0 Å². The van der Waals surface area contributed by atoms with Crippen molar-refractivity contribution in [3.63, 3.8) is 0 Å². The molecule has 0 aromatic carbocycles. The molecule has 0 N–H and O–H groups in total. The predicted molar refractivity (Wildman–Crippen MR) is 38.0 cm³/mol. The Labute approximate surface area is 63.5 Å². The van der Waals surface area contributed by atoms with Crippen LogP contribution in [0.3, 0.4) is 0 Å². The second-order valence-electron chi connectivity index (χ2n) is 1.75. The largest absolute Gasteiger partial charge is 0.360 e. The molecule has 0 saturated carbocycles. The highest BCUT2D eigenvalue weighted by atomic mass is 35.5. The average Bonchev–Trinajstić information content (AvgIpc) is 1.85. The van der Waals surface area contributed by atoms with Crippen molar-refractivity contribution >= 4 is 17.4 Å². The summed E-state index contributed by atoms with van der Waals surface area (Å²) in [6.07, 6.45) is 0. The minimum Gasteiger partial charge on any atom is -0.360 e. The Balaban J connectivity index is 3.22. The first-order chi connectivity index (χ1) is 4.72. The van der Waals surface area contributed by atoms with Crippen LogP contribution in [0.15, 0.2) is 6.07 Å². The van der Waals surface area contributed by atoms with Gasteiger partial charge in [0.2, 0.25) is 0 Å². The summed E-state index contributed by atoms with van der Waals surface area (Å²) < 4.78 is 0. The van der Waals surface area contributed by atoms with E-state index in [9.17, 15) is 0 Å². The molecule has 3 nitrogen and oxygen atoms in total. The first-order valence-electron chi connectivity index (χ1n) is 2.61. The van der Waals surface area contributed by atoms with Crippen LogP contribution in [0.2, 0.25) is 5.28 Å². The minimum atomic E-state index is 0.131. The predicted octanol–water partition coefficient (Wildman–Crippen LogP) is 1.99. The maximum absolute atomic E-state index is 6.61. The van der Waals surface area contributed by atoms with E-state index >= 15 is 0 Å². The Morgan fingerprint density at radius 1 is 1.60 bits per heavy atom. The average molecular weight is 154 g/mol. The van der Waals surface area contributed by atoms with E-state index < -0.39 is 0 Å². The molecule has 0 unspecified atom stereocenters. The summed E-state index contributed by atoms with van der Waals surface area (Å²) in [6, 6.07) is 1.58. The van der Waals surface area contributed by atoms with Crippen molar-refractivity contribution in [1.82, 2.24) is 9.97 Å². The van der Waals surface area contributed by atoms with Crippen LogP contribution in [0.4, 0.5) is 5.82 Å². The van der Waals surface area contributed by atoms with Crippen molar-refractivity contribution in [3.8, 4) is 0 Å². The molecule has 50 valence electrons. The Morgan fingerprint density at radius 3 is 2.80 bits per heavy atom. The van der Waals surface area contributed by atoms with E-state index in [1.807, 2.05) is 0 Å². The zero-order chi connectivity index (χ0) is 7.56. The summed E-state index contributed by atoms with van der Waals surface area (Å²) in [6.45, 7) is 8.38. The van der Waals surface area contributed by atoms with Gasteiger partial charge in [0.05, 0.1) is 0 Å². The topological polar surface area (TPSA) is 30.1 Å². The summed E-state index contributed by atoms with van der Waals surface area (Å²) in [5, 5.41) is 0.131. The number of hydrogen-bond acceptors (Lipinski definition) is 2. The van der Waals surface area contributed by atoms with Crippen molar-refractivity contribution in [2.45, 2.75) is 6.92 Å². The number of hydrogen-bond donors (Lipinski definition) is 0. The summed E-state index contributed by atoms with van der Waals surface area (Å²) in [5.41, 5.74) is 0.714. The Hall–Kier alpha value is -1.14. The highest BCUT2D eigenvalue weighted by molar-refractivity contribution is 6.28. The molecule has 1 rings (SSSR count). The zero-order valence-electron chi connectivity index (χ0n) is 5.30. The molecule has 0 aliphatic heterocycles. The van der Waals surface area contributed by atoms with Gasteiger partial charge < -0.3 is 4.85 Å². The summed E-state index contributed by atoms with van der Waals surface area (Å²) in [5.74, 6) is 0.289. The van der Waals surface area contributed by atoms with Gasteiger partial charge in [-0.15, -0.1) is 0 Å². The highest BCUT2D eigenvalue weighted by Crippen LogP contribution is 2.11. The molecule has 0 bridgehead atoms. The summed E-state index contributed by atoms with van der Waals surface area (Å²) >= 11 is 5.46. The summed E-state index contributed by atoms with van der Waals surface area (Å²) in [7, 11) is 0. The van der Waals surface area contributed by atoms with Crippen molar-refractivity contribution in [2.24, 2.45) is 0 Å². The fourth-order valence-electron chi connectivity index (χ4n) is 0.574. The number of halogens is 1. The normalized spacial score (nSPS) is 8.90. The van der Waals surface area contributed by atoms with Crippen LogP contribution in [-0.4, -0.2) is 9.97 Å². The van der Waals surface area contributed by atoms with Gasteiger partial charge in [-0.1, -0.05) is 11.6 Å². The molecule has 0 spiro atoms. The number of rotatable bonds is 0. The number of aryl methyl sites for hydroxylation is 1. The number of nitrogens with zero attached hydrogens (tertiary/aromatic N) is 3. The minimum absolute atomic E-state index is 0.131. The van der Waals surface area contributed by atoms with E-state index in [0.717, 1.165) is 0 Å². The molecule has 1 heterocycles. The third-order valence-electron chi connectivity index (χ3n) is 0.928. The monoisotopic (exact) mass is 153 g/mol. The van der Waals surface area contributed by atoms with Gasteiger partial charge in [-0.2, -0.15) is 0 Å². The van der Waals surface area contributed by atoms with Gasteiger partial charge >= 0.3 is 5.28 Å². The molecule has 0 atom stereocenters. The van der Waals surface area contributed by atoms with Gasteiger partial charge in [0.15, 0.2) is 0 Å². The van der Waals surface area contributed by atoms with Crippen molar-refractivity contribution in [1.29, 1.82) is 0 Å². The number of aromatic nitrogens is 2. The van der Waals surface area contributed by atoms with E-state index in [0.29, 0.717) is 5.69 Å². The van der Waals surface area contributed by atoms with Crippen LogP contribution < -0.4 is 0 Å². The molecular formula is C6H4ClN3. The lowest BCUT2D eigenvalue weighted by atomic mass is 10.4. The maximum atomic E-state index is 6.61. The Morgan fingerprint density at radius 2 is 2.30 bits per heavy atom. The Bertz CT molecular complexity index is 269. The lowest BCUT2D eigenvalue weighted by molar-refractivity contribution is 1.12. The highest BCUT2D eigenvalue weighted by Gasteiger charge is 1.99. The molecule has 10 heavy (non-hydrogen) atoms. The van der Waals surface area contributed by atoms with Gasteiger partial charge in [0.25, 0.3) is 5.82 Å². The van der Waals surface area contributed by atoms with E-state index in [4.69, 9.17) is 18.2 Å². The van der Waals surface area contributed by atoms with Crippen LogP contribution in [0.1, 0.15) is 5.69 Å². The molecule has 0 radical (unpaired) electrons. The molecule has 4 heteroatoms. The third-order valence-corrected chi connectivity index (χ3v) is 1.10. The maximum Gasteiger partial charge on any atom is 0.317 e. The van der Waals surface area contributed by atoms with Gasteiger partial charge in [0, 0.05) is 5.69 Å². The second-order valence-corrected chi connectivity index (χ2v) is 2.09. The first kappa shape index (κ1) is 6.97. The quantitative estimate of drug-likeness (QED) is 0.422. The van der Waals surface area contributed by atoms with Crippen LogP contribution in [0.5, 0.6) is 0 Å². The van der Waals surface area contributed by atoms with Crippen LogP contribution in [0, 0.1) is 13.5 Å². The van der Waals surface area contributed by atoms with E-state index in [2.05, 4.69) is 14.8 Å². The molecular weight excluding hydrogens is 150 g/mol. The van der Waals surface area contributed by atoms with E-state index in [1.165, 1.54) is 0 Å². The molecule has 0 fully saturated rings. The molecule has 0 saturated heterocycles. The SMILES string of the molecule is [C-]#[N+]c1cc(C)nc(Cl)n1. The molecule has 0 aliphatic rings. The van der Waals surface area contributed by atoms with E-state index in [-0.39, 0.29) is 11.1 Å². The molecule has 1 aromatic rings. The molecule has 1 aromatic heterocycles. The zero-order valence-corrected chi connectivity index (χ0v) is 6.05. The van der Waals surface area contributed by atoms with Crippen LogP contribution in [-0.2, 0) is 0 Å². The van der Waals surface area contributed by atoms with Gasteiger partial charge in [-0.25, -0.2) is 4.98 Å². The molecule has 0 aliphatic carbocycles. The van der Waals surface area contributed by atoms with Crippen molar-refractivity contribution in [3.05, 3.63) is 28.5 Å². The standard InChI is InChI=1S/C6H4ClN3/c1-4-3-5(8-2)10-6(7)9-4/h3H,1H3. The third kappa shape index (κ3) is 1.42.